The molecule has 2 unspecified atom stereocenters. The summed E-state index contributed by atoms with van der Waals surface area (Å²) in [5, 5.41) is 4.29. The van der Waals surface area contributed by atoms with Crippen molar-refractivity contribution in [2.24, 2.45) is 0 Å². The first-order valence-electron chi connectivity index (χ1n) is 6.81. The Morgan fingerprint density at radius 2 is 2.33 bits per heavy atom. The Hall–Kier alpha value is -0.900. The Morgan fingerprint density at radius 3 is 3.11 bits per heavy atom. The van der Waals surface area contributed by atoms with E-state index >= 15 is 0 Å². The third-order valence-corrected chi connectivity index (χ3v) is 4.55. The average Bonchev–Trinajstić information content (AvgIpc) is 2.80. The highest BCUT2D eigenvalue weighted by Crippen LogP contribution is 2.33. The number of anilines is 1. The average molecular weight is 266 g/mol. The van der Waals surface area contributed by atoms with E-state index in [-0.39, 0.29) is 0 Å². The molecule has 0 bridgehead atoms. The maximum atomic E-state index is 5.61. The van der Waals surface area contributed by atoms with Crippen molar-refractivity contribution in [2.75, 3.05) is 17.7 Å². The summed E-state index contributed by atoms with van der Waals surface area (Å²) in [6.45, 7) is 4.91. The van der Waals surface area contributed by atoms with Crippen molar-refractivity contribution >= 4 is 17.6 Å². The maximum absolute atomic E-state index is 5.61. The van der Waals surface area contributed by atoms with E-state index in [0.29, 0.717) is 17.9 Å². The second-order valence-electron chi connectivity index (χ2n) is 4.46. The van der Waals surface area contributed by atoms with E-state index in [9.17, 15) is 0 Å². The molecule has 1 aliphatic rings. The van der Waals surface area contributed by atoms with E-state index in [1.54, 1.807) is 0 Å². The number of nitrogens with one attached hydrogen (secondary N) is 1. The minimum absolute atomic E-state index is 0.532. The minimum Gasteiger partial charge on any atom is -0.490 e. The molecule has 3 nitrogen and oxygen atoms in total. The van der Waals surface area contributed by atoms with Gasteiger partial charge in [-0.25, -0.2) is 4.98 Å². The Morgan fingerprint density at radius 1 is 1.44 bits per heavy atom. The molecule has 1 aromatic heterocycles. The van der Waals surface area contributed by atoms with E-state index in [2.05, 4.69) is 29.0 Å². The van der Waals surface area contributed by atoms with Crippen molar-refractivity contribution in [1.82, 2.24) is 4.98 Å². The van der Waals surface area contributed by atoms with Gasteiger partial charge in [-0.05, 0) is 37.7 Å². The molecule has 0 saturated heterocycles. The molecule has 2 rings (SSSR count). The summed E-state index contributed by atoms with van der Waals surface area (Å²) in [4.78, 5) is 4.41. The van der Waals surface area contributed by atoms with Gasteiger partial charge in [0.15, 0.2) is 11.6 Å². The quantitative estimate of drug-likeness (QED) is 0.853. The number of nitrogens with zero attached hydrogens (tertiary/aromatic N) is 1. The number of ether oxygens (including phenoxy) is 1. The first-order chi connectivity index (χ1) is 8.85. The van der Waals surface area contributed by atoms with Crippen molar-refractivity contribution in [3.05, 3.63) is 18.3 Å². The number of thioether (sulfide) groups is 1. The van der Waals surface area contributed by atoms with Crippen molar-refractivity contribution < 1.29 is 4.74 Å². The Kier molecular flexibility index (Phi) is 5.17. The highest BCUT2D eigenvalue weighted by molar-refractivity contribution is 7.99. The van der Waals surface area contributed by atoms with Gasteiger partial charge in [-0.3, -0.25) is 0 Å². The van der Waals surface area contributed by atoms with Gasteiger partial charge >= 0.3 is 0 Å². The second kappa shape index (κ2) is 6.88. The predicted molar refractivity (Wildman–Crippen MR) is 78.6 cm³/mol. The summed E-state index contributed by atoms with van der Waals surface area (Å²) < 4.78 is 5.61. The number of hydrogen-bond acceptors (Lipinski definition) is 4. The molecule has 1 N–H and O–H groups in total. The topological polar surface area (TPSA) is 34.1 Å². The zero-order valence-corrected chi connectivity index (χ0v) is 12.0. The van der Waals surface area contributed by atoms with Gasteiger partial charge in [-0.2, -0.15) is 11.8 Å². The molecule has 1 aromatic rings. The van der Waals surface area contributed by atoms with Crippen molar-refractivity contribution in [3.8, 4) is 5.75 Å². The molecule has 0 spiro atoms. The van der Waals surface area contributed by atoms with Gasteiger partial charge in [0, 0.05) is 17.5 Å². The molecule has 1 saturated carbocycles. The number of rotatable bonds is 6. The molecule has 100 valence electrons. The summed E-state index contributed by atoms with van der Waals surface area (Å²) in [6.07, 6.45) is 5.68. The van der Waals surface area contributed by atoms with Crippen LogP contribution in [0, 0.1) is 0 Å². The van der Waals surface area contributed by atoms with Crippen LogP contribution in [0.1, 0.15) is 33.1 Å². The van der Waals surface area contributed by atoms with Gasteiger partial charge in [0.1, 0.15) is 0 Å². The lowest BCUT2D eigenvalue weighted by molar-refractivity contribution is 0.340. The molecule has 0 amide bonds. The van der Waals surface area contributed by atoms with Gasteiger partial charge in [0.05, 0.1) is 6.61 Å². The number of pyridine rings is 1. The predicted octanol–water partition coefficient (Wildman–Crippen LogP) is 3.57. The summed E-state index contributed by atoms with van der Waals surface area (Å²) in [7, 11) is 0. The van der Waals surface area contributed by atoms with Gasteiger partial charge in [0.25, 0.3) is 0 Å². The van der Waals surface area contributed by atoms with Crippen LogP contribution in [0.25, 0.3) is 0 Å². The van der Waals surface area contributed by atoms with E-state index < -0.39 is 0 Å². The van der Waals surface area contributed by atoms with Crippen molar-refractivity contribution in [2.45, 2.75) is 44.4 Å². The SMILES string of the molecule is CCOc1cccnc1NC1CCCC1SCC. The zero-order valence-electron chi connectivity index (χ0n) is 11.2. The van der Waals surface area contributed by atoms with E-state index in [1.807, 2.05) is 25.3 Å². The fourth-order valence-electron chi connectivity index (χ4n) is 2.45. The lowest BCUT2D eigenvalue weighted by Crippen LogP contribution is -2.27. The zero-order chi connectivity index (χ0) is 12.8. The molecule has 0 aliphatic heterocycles. The third-order valence-electron chi connectivity index (χ3n) is 3.23. The first kappa shape index (κ1) is 13.5. The summed E-state index contributed by atoms with van der Waals surface area (Å²) in [5.74, 6) is 2.95. The third kappa shape index (κ3) is 3.31. The van der Waals surface area contributed by atoms with Crippen LogP contribution in [0.2, 0.25) is 0 Å². The van der Waals surface area contributed by atoms with Crippen LogP contribution >= 0.6 is 11.8 Å². The minimum atomic E-state index is 0.532. The molecular weight excluding hydrogens is 244 g/mol. The van der Waals surface area contributed by atoms with Crippen LogP contribution in [0.4, 0.5) is 5.82 Å². The van der Waals surface area contributed by atoms with Crippen molar-refractivity contribution in [1.29, 1.82) is 0 Å². The Balaban J connectivity index is 2.03. The molecule has 18 heavy (non-hydrogen) atoms. The maximum Gasteiger partial charge on any atom is 0.169 e. The standard InChI is InChI=1S/C14H22N2OS/c1-3-17-12-8-6-10-15-14(12)16-11-7-5-9-13(11)18-4-2/h6,8,10-11,13H,3-5,7,9H2,1-2H3,(H,15,16). The Bertz CT molecular complexity index is 373. The monoisotopic (exact) mass is 266 g/mol. The first-order valence-corrected chi connectivity index (χ1v) is 7.86. The lowest BCUT2D eigenvalue weighted by Gasteiger charge is -2.21. The van der Waals surface area contributed by atoms with Crippen LogP contribution < -0.4 is 10.1 Å². The number of aromatic nitrogens is 1. The van der Waals surface area contributed by atoms with Gasteiger partial charge < -0.3 is 10.1 Å². The van der Waals surface area contributed by atoms with E-state index in [1.165, 1.54) is 25.0 Å². The Labute approximate surface area is 114 Å². The molecule has 1 fully saturated rings. The summed E-state index contributed by atoms with van der Waals surface area (Å²) in [6, 6.07) is 4.43. The molecule has 0 radical (unpaired) electrons. The smallest absolute Gasteiger partial charge is 0.169 e. The van der Waals surface area contributed by atoms with Crippen LogP contribution in [-0.2, 0) is 0 Å². The molecular formula is C14H22N2OS. The molecule has 4 heteroatoms. The summed E-state index contributed by atoms with van der Waals surface area (Å²) >= 11 is 2.05. The van der Waals surface area contributed by atoms with Gasteiger partial charge in [0.2, 0.25) is 0 Å². The van der Waals surface area contributed by atoms with Crippen LogP contribution in [0.5, 0.6) is 5.75 Å². The highest BCUT2D eigenvalue weighted by atomic mass is 32.2. The molecule has 1 aliphatic carbocycles. The second-order valence-corrected chi connectivity index (χ2v) is 5.97. The molecule has 1 heterocycles. The van der Waals surface area contributed by atoms with E-state index in [4.69, 9.17) is 4.74 Å². The normalized spacial score (nSPS) is 23.0. The fraction of sp³-hybridized carbons (Fsp3) is 0.643. The van der Waals surface area contributed by atoms with E-state index in [0.717, 1.165) is 11.6 Å². The molecule has 2 atom stereocenters. The largest absolute Gasteiger partial charge is 0.490 e. The fourth-order valence-corrected chi connectivity index (χ4v) is 3.65. The summed E-state index contributed by atoms with van der Waals surface area (Å²) in [5.41, 5.74) is 0. The van der Waals surface area contributed by atoms with Crippen LogP contribution in [0.15, 0.2) is 18.3 Å². The highest BCUT2D eigenvalue weighted by Gasteiger charge is 2.27. The van der Waals surface area contributed by atoms with Crippen LogP contribution in [0.3, 0.4) is 0 Å². The molecule has 0 aromatic carbocycles. The van der Waals surface area contributed by atoms with Crippen LogP contribution in [-0.4, -0.2) is 28.6 Å². The van der Waals surface area contributed by atoms with Gasteiger partial charge in [-0.15, -0.1) is 0 Å². The van der Waals surface area contributed by atoms with Gasteiger partial charge in [-0.1, -0.05) is 13.3 Å². The number of hydrogen-bond donors (Lipinski definition) is 1. The van der Waals surface area contributed by atoms with Crippen molar-refractivity contribution in [3.63, 3.8) is 0 Å². The lowest BCUT2D eigenvalue weighted by atomic mass is 10.2.